The third-order valence-corrected chi connectivity index (χ3v) is 6.28. The number of hydrogen-bond acceptors (Lipinski definition) is 6. The van der Waals surface area contributed by atoms with Gasteiger partial charge in [0.15, 0.2) is 11.6 Å². The molecule has 2 N–H and O–H groups in total. The van der Waals surface area contributed by atoms with E-state index in [0.29, 0.717) is 10.4 Å². The minimum absolute atomic E-state index is 0.151. The number of amides is 1. The fourth-order valence-corrected chi connectivity index (χ4v) is 4.85. The molecule has 1 aliphatic rings. The summed E-state index contributed by atoms with van der Waals surface area (Å²) < 4.78 is 95.5. The van der Waals surface area contributed by atoms with Crippen LogP contribution in [0, 0.1) is 0 Å². The lowest BCUT2D eigenvalue weighted by Gasteiger charge is -2.48. The maximum Gasteiger partial charge on any atom is 0.417 e. The number of benzene rings is 1. The molecule has 0 fully saturated rings. The summed E-state index contributed by atoms with van der Waals surface area (Å²) >= 11 is 0. The molecule has 0 bridgehead atoms. The minimum Gasteiger partial charge on any atom is -0.407 e. The lowest BCUT2D eigenvalue weighted by atomic mass is 10.0. The number of ether oxygens (including phenoxy) is 1. The van der Waals surface area contributed by atoms with Crippen molar-refractivity contribution in [2.45, 2.75) is 12.6 Å². The van der Waals surface area contributed by atoms with E-state index in [0.717, 1.165) is 17.0 Å². The van der Waals surface area contributed by atoms with E-state index in [4.69, 9.17) is 4.74 Å². The van der Waals surface area contributed by atoms with E-state index >= 15 is 0 Å². The Morgan fingerprint density at radius 2 is 1.78 bits per heavy atom. The fraction of sp³-hybridized carbons (Fsp3) is 0.263. The molecule has 0 aliphatic carbocycles. The number of alkyl halides is 5. The van der Waals surface area contributed by atoms with Crippen LogP contribution in [0.1, 0.15) is 16.7 Å². The van der Waals surface area contributed by atoms with Crippen molar-refractivity contribution in [1.29, 1.82) is 0 Å². The maximum atomic E-state index is 13.7. The molecular weight excluding hydrogens is 461 g/mol. The van der Waals surface area contributed by atoms with Crippen LogP contribution < -0.4 is 4.31 Å². The van der Waals surface area contributed by atoms with Crippen molar-refractivity contribution in [2.24, 2.45) is 0 Å². The fourth-order valence-electron chi connectivity index (χ4n) is 3.04. The van der Waals surface area contributed by atoms with Gasteiger partial charge in [0.05, 0.1) is 11.1 Å². The summed E-state index contributed by atoms with van der Waals surface area (Å²) in [5, 5.41) is 0. The summed E-state index contributed by atoms with van der Waals surface area (Å²) in [5.41, 5.74) is -2.14. The zero-order valence-corrected chi connectivity index (χ0v) is 17.5. The highest BCUT2D eigenvalue weighted by Gasteiger charge is 2.45. The molecular formula is C19H18F5N3O4S. The van der Waals surface area contributed by atoms with E-state index < -0.39 is 57.8 Å². The molecule has 0 spiro atoms. The average Bonchev–Trinajstić information content (AvgIpc) is 2.70. The lowest BCUT2D eigenvalue weighted by molar-refractivity contribution is -0.137. The van der Waals surface area contributed by atoms with Crippen LogP contribution in [0.4, 0.5) is 32.6 Å². The topological polar surface area (TPSA) is 86.1 Å². The molecule has 1 aromatic carbocycles. The standard InChI is InChI=1S/C19H18F5N3O4S/c1-26(2)18(28)31-15-12-7-5-9-25-17(12)27(10-14(20)21)32(29,30)16(15)11-6-3-4-8-13(11)19(22,23)24/h3-9,14,29-30H,10H2,1-2H3. The molecule has 0 saturated carbocycles. The van der Waals surface area contributed by atoms with Crippen molar-refractivity contribution < 1.29 is 40.6 Å². The monoisotopic (exact) mass is 479 g/mol. The number of carbonyl (C=O) groups is 1. The van der Waals surface area contributed by atoms with E-state index in [-0.39, 0.29) is 11.4 Å². The van der Waals surface area contributed by atoms with Gasteiger partial charge in [-0.3, -0.25) is 9.11 Å². The van der Waals surface area contributed by atoms with Crippen LogP contribution in [-0.2, 0) is 10.9 Å². The molecule has 0 atom stereocenters. The molecule has 0 saturated heterocycles. The molecule has 3 rings (SSSR count). The van der Waals surface area contributed by atoms with E-state index in [9.17, 15) is 35.9 Å². The van der Waals surface area contributed by atoms with Gasteiger partial charge < -0.3 is 9.64 Å². The van der Waals surface area contributed by atoms with Gasteiger partial charge in [-0.25, -0.2) is 22.9 Å². The van der Waals surface area contributed by atoms with E-state index in [1.165, 1.54) is 38.5 Å². The van der Waals surface area contributed by atoms with Gasteiger partial charge in [-0.15, -0.1) is 0 Å². The number of carbonyl (C=O) groups excluding carboxylic acids is 1. The normalized spacial score (nSPS) is 16.6. The summed E-state index contributed by atoms with van der Waals surface area (Å²) in [7, 11) is -1.94. The maximum absolute atomic E-state index is 13.7. The lowest BCUT2D eigenvalue weighted by Crippen LogP contribution is -2.37. The van der Waals surface area contributed by atoms with Gasteiger partial charge in [-0.2, -0.15) is 13.2 Å². The largest absolute Gasteiger partial charge is 0.417 e. The molecule has 174 valence electrons. The SMILES string of the molecule is CN(C)C(=O)OC1=C(c2ccccc2C(F)(F)F)S(O)(O)N(CC(F)F)c2ncccc21. The Kier molecular flexibility index (Phi) is 6.36. The summed E-state index contributed by atoms with van der Waals surface area (Å²) in [6.07, 6.45) is -7.87. The predicted molar refractivity (Wildman–Crippen MR) is 109 cm³/mol. The zero-order chi connectivity index (χ0) is 23.8. The number of hydrogen-bond donors (Lipinski definition) is 2. The van der Waals surface area contributed by atoms with Crippen LogP contribution in [0.5, 0.6) is 0 Å². The molecule has 2 aromatic rings. The highest BCUT2D eigenvalue weighted by atomic mass is 32.3. The number of fused-ring (bicyclic) bond motifs is 1. The molecule has 0 unspecified atom stereocenters. The zero-order valence-electron chi connectivity index (χ0n) is 16.7. The highest BCUT2D eigenvalue weighted by Crippen LogP contribution is 2.64. The van der Waals surface area contributed by atoms with Crippen molar-refractivity contribution in [3.8, 4) is 0 Å². The van der Waals surface area contributed by atoms with E-state index in [2.05, 4.69) is 4.98 Å². The Balaban J connectivity index is 2.41. The first-order chi connectivity index (χ1) is 14.9. The number of pyridine rings is 1. The quantitative estimate of drug-likeness (QED) is 0.573. The Hall–Kier alpha value is -2.90. The van der Waals surface area contributed by atoms with Crippen LogP contribution in [0.3, 0.4) is 0 Å². The van der Waals surface area contributed by atoms with Crippen molar-refractivity contribution in [3.63, 3.8) is 0 Å². The van der Waals surface area contributed by atoms with Gasteiger partial charge in [0.1, 0.15) is 11.4 Å². The van der Waals surface area contributed by atoms with Crippen molar-refractivity contribution in [1.82, 2.24) is 9.88 Å². The number of rotatable bonds is 4. The van der Waals surface area contributed by atoms with Crippen LogP contribution in [0.15, 0.2) is 42.6 Å². The van der Waals surface area contributed by atoms with Gasteiger partial charge >= 0.3 is 12.3 Å². The minimum atomic E-state index is -4.93. The third kappa shape index (κ3) is 4.36. The highest BCUT2D eigenvalue weighted by molar-refractivity contribution is 8.33. The number of aromatic nitrogens is 1. The van der Waals surface area contributed by atoms with Crippen LogP contribution in [0.25, 0.3) is 10.7 Å². The molecule has 7 nitrogen and oxygen atoms in total. The number of anilines is 1. The van der Waals surface area contributed by atoms with Crippen molar-refractivity contribution in [2.75, 3.05) is 24.9 Å². The van der Waals surface area contributed by atoms with E-state index in [1.54, 1.807) is 0 Å². The molecule has 2 heterocycles. The molecule has 1 aromatic heterocycles. The summed E-state index contributed by atoms with van der Waals surface area (Å²) in [5.74, 6) is -0.989. The summed E-state index contributed by atoms with van der Waals surface area (Å²) in [6.45, 7) is -1.24. The number of halogens is 5. The molecule has 0 radical (unpaired) electrons. The van der Waals surface area contributed by atoms with Gasteiger partial charge in [0.2, 0.25) is 0 Å². The average molecular weight is 479 g/mol. The second kappa shape index (κ2) is 8.56. The van der Waals surface area contributed by atoms with Gasteiger partial charge in [-0.05, 0) is 18.2 Å². The van der Waals surface area contributed by atoms with E-state index in [1.807, 2.05) is 0 Å². The van der Waals surface area contributed by atoms with Gasteiger partial charge in [-0.1, -0.05) is 29.0 Å². The summed E-state index contributed by atoms with van der Waals surface area (Å²) in [6, 6.07) is 6.53. The third-order valence-electron chi connectivity index (χ3n) is 4.39. The Morgan fingerprint density at radius 1 is 1.16 bits per heavy atom. The first-order valence-corrected chi connectivity index (χ1v) is 10.5. The first-order valence-electron chi connectivity index (χ1n) is 8.95. The Labute approximate surface area is 181 Å². The van der Waals surface area contributed by atoms with Crippen LogP contribution >= 0.6 is 10.8 Å². The van der Waals surface area contributed by atoms with Crippen molar-refractivity contribution in [3.05, 3.63) is 59.3 Å². The van der Waals surface area contributed by atoms with Crippen molar-refractivity contribution >= 4 is 33.4 Å². The molecule has 1 aliphatic heterocycles. The second-order valence-electron chi connectivity index (χ2n) is 6.81. The number of nitrogens with zero attached hydrogens (tertiary/aromatic N) is 3. The molecule has 13 heteroatoms. The van der Waals surface area contributed by atoms with Crippen LogP contribution in [0.2, 0.25) is 0 Å². The predicted octanol–water partition coefficient (Wildman–Crippen LogP) is 5.38. The Morgan fingerprint density at radius 3 is 2.38 bits per heavy atom. The molecule has 1 amide bonds. The Bertz CT molecular complexity index is 1060. The molecule has 32 heavy (non-hydrogen) atoms. The second-order valence-corrected chi connectivity index (χ2v) is 8.70. The van der Waals surface area contributed by atoms with Crippen LogP contribution in [-0.4, -0.2) is 52.1 Å². The smallest absolute Gasteiger partial charge is 0.407 e. The first kappa shape index (κ1) is 23.8. The van der Waals surface area contributed by atoms with Gasteiger partial charge in [0.25, 0.3) is 6.43 Å². The van der Waals surface area contributed by atoms with Gasteiger partial charge in [0, 0.05) is 25.9 Å². The summed E-state index contributed by atoms with van der Waals surface area (Å²) in [4.78, 5) is 16.3.